The Morgan fingerprint density at radius 1 is 1.29 bits per heavy atom. The van der Waals surface area contributed by atoms with Crippen molar-refractivity contribution in [3.05, 3.63) is 18.6 Å². The zero-order valence-corrected chi connectivity index (χ0v) is 9.39. The van der Waals surface area contributed by atoms with Crippen molar-refractivity contribution in [1.29, 1.82) is 0 Å². The van der Waals surface area contributed by atoms with Crippen LogP contribution in [-0.4, -0.2) is 16.5 Å². The lowest BCUT2D eigenvalue weighted by Gasteiger charge is -2.01. The van der Waals surface area contributed by atoms with Crippen molar-refractivity contribution in [3.8, 4) is 0 Å². The molecule has 0 aromatic carbocycles. The summed E-state index contributed by atoms with van der Waals surface area (Å²) in [6.07, 6.45) is 10.3. The molecule has 0 fully saturated rings. The lowest BCUT2D eigenvalue weighted by Crippen LogP contribution is -2.05. The van der Waals surface area contributed by atoms with Crippen LogP contribution in [0.5, 0.6) is 0 Å². The van der Waals surface area contributed by atoms with E-state index in [0.29, 0.717) is 0 Å². The van der Waals surface area contributed by atoms with Gasteiger partial charge in [-0.15, -0.1) is 0 Å². The van der Waals surface area contributed by atoms with E-state index in [4.69, 9.17) is 0 Å². The molecule has 0 aliphatic heterocycles. The highest BCUT2D eigenvalue weighted by molar-refractivity contribution is 7.97. The summed E-state index contributed by atoms with van der Waals surface area (Å²) in [5.41, 5.74) is 0. The van der Waals surface area contributed by atoms with Gasteiger partial charge in [0.25, 0.3) is 0 Å². The number of hydrogen-bond acceptors (Lipinski definition) is 4. The molecule has 1 heterocycles. The minimum Gasteiger partial charge on any atom is -0.260 e. The zero-order valence-electron chi connectivity index (χ0n) is 8.57. The molecular weight excluding hydrogens is 194 g/mol. The molecule has 14 heavy (non-hydrogen) atoms. The van der Waals surface area contributed by atoms with E-state index in [0.717, 1.165) is 11.6 Å². The van der Waals surface area contributed by atoms with Crippen LogP contribution in [0.15, 0.2) is 23.6 Å². The Morgan fingerprint density at radius 2 is 2.21 bits per heavy atom. The number of aromatic nitrogens is 2. The molecule has 1 aromatic heterocycles. The smallest absolute Gasteiger partial charge is 0.129 e. The standard InChI is InChI=1S/C10H17N3S/c1-2-3-4-5-6-13-14-10-9-11-7-8-12-10/h7-9,13H,2-6H2,1H3. The predicted molar refractivity (Wildman–Crippen MR) is 60.0 cm³/mol. The Balaban J connectivity index is 1.99. The quantitative estimate of drug-likeness (QED) is 0.556. The van der Waals surface area contributed by atoms with Gasteiger partial charge in [0.15, 0.2) is 0 Å². The van der Waals surface area contributed by atoms with Gasteiger partial charge in [0, 0.05) is 18.9 Å². The van der Waals surface area contributed by atoms with Crippen LogP contribution in [0.2, 0.25) is 0 Å². The van der Waals surface area contributed by atoms with Gasteiger partial charge in [0.2, 0.25) is 0 Å². The van der Waals surface area contributed by atoms with Gasteiger partial charge in [-0.2, -0.15) is 0 Å². The van der Waals surface area contributed by atoms with Crippen molar-refractivity contribution >= 4 is 11.9 Å². The van der Waals surface area contributed by atoms with Crippen molar-refractivity contribution < 1.29 is 0 Å². The first-order chi connectivity index (χ1) is 6.93. The Bertz CT molecular complexity index is 228. The molecule has 0 saturated carbocycles. The normalized spacial score (nSPS) is 10.4. The highest BCUT2D eigenvalue weighted by atomic mass is 32.2. The molecule has 0 bridgehead atoms. The minimum absolute atomic E-state index is 0.933. The molecule has 1 rings (SSSR count). The molecule has 78 valence electrons. The first kappa shape index (κ1) is 11.5. The van der Waals surface area contributed by atoms with Crippen LogP contribution in [-0.2, 0) is 0 Å². The molecule has 0 radical (unpaired) electrons. The second-order valence-corrected chi connectivity index (χ2v) is 4.01. The second-order valence-electron chi connectivity index (χ2n) is 3.10. The summed E-state index contributed by atoms with van der Waals surface area (Å²) in [5.74, 6) is 0. The van der Waals surface area contributed by atoms with E-state index in [1.54, 1.807) is 30.5 Å². The minimum atomic E-state index is 0.933. The molecule has 0 spiro atoms. The topological polar surface area (TPSA) is 37.8 Å². The fourth-order valence-electron chi connectivity index (χ4n) is 1.09. The van der Waals surface area contributed by atoms with Gasteiger partial charge in [-0.25, -0.2) is 4.98 Å². The summed E-state index contributed by atoms with van der Waals surface area (Å²) in [5, 5.41) is 0.933. The lowest BCUT2D eigenvalue weighted by atomic mass is 10.2. The Morgan fingerprint density at radius 3 is 2.93 bits per heavy atom. The van der Waals surface area contributed by atoms with Crippen molar-refractivity contribution in [1.82, 2.24) is 14.7 Å². The maximum atomic E-state index is 4.15. The Kier molecular flexibility index (Phi) is 6.36. The van der Waals surface area contributed by atoms with E-state index in [9.17, 15) is 0 Å². The van der Waals surface area contributed by atoms with E-state index in [-0.39, 0.29) is 0 Å². The largest absolute Gasteiger partial charge is 0.260 e. The van der Waals surface area contributed by atoms with Crippen molar-refractivity contribution in [2.45, 2.75) is 37.6 Å². The fourth-order valence-corrected chi connectivity index (χ4v) is 1.71. The summed E-state index contributed by atoms with van der Waals surface area (Å²) in [4.78, 5) is 8.14. The van der Waals surface area contributed by atoms with Crippen LogP contribution in [0.3, 0.4) is 0 Å². The van der Waals surface area contributed by atoms with Crippen molar-refractivity contribution in [3.63, 3.8) is 0 Å². The van der Waals surface area contributed by atoms with Crippen LogP contribution >= 0.6 is 11.9 Å². The van der Waals surface area contributed by atoms with E-state index < -0.39 is 0 Å². The van der Waals surface area contributed by atoms with Gasteiger partial charge in [0.1, 0.15) is 5.03 Å². The third-order valence-corrected chi connectivity index (χ3v) is 2.62. The van der Waals surface area contributed by atoms with Crippen LogP contribution in [0.25, 0.3) is 0 Å². The average molecular weight is 211 g/mol. The summed E-state index contributed by atoms with van der Waals surface area (Å²) >= 11 is 1.55. The summed E-state index contributed by atoms with van der Waals surface area (Å²) < 4.78 is 3.27. The summed E-state index contributed by atoms with van der Waals surface area (Å²) in [7, 11) is 0. The second kappa shape index (κ2) is 7.76. The number of rotatable bonds is 7. The first-order valence-electron chi connectivity index (χ1n) is 5.09. The van der Waals surface area contributed by atoms with Gasteiger partial charge in [-0.05, 0) is 18.4 Å². The zero-order chi connectivity index (χ0) is 10.1. The lowest BCUT2D eigenvalue weighted by molar-refractivity contribution is 0.662. The molecule has 3 nitrogen and oxygen atoms in total. The van der Waals surface area contributed by atoms with E-state index >= 15 is 0 Å². The van der Waals surface area contributed by atoms with Crippen LogP contribution in [0.1, 0.15) is 32.6 Å². The Hall–Kier alpha value is -0.610. The number of nitrogens with zero attached hydrogens (tertiary/aromatic N) is 2. The fraction of sp³-hybridized carbons (Fsp3) is 0.600. The summed E-state index contributed by atoms with van der Waals surface area (Å²) in [6, 6.07) is 0. The third-order valence-electron chi connectivity index (χ3n) is 1.85. The maximum Gasteiger partial charge on any atom is 0.129 e. The SMILES string of the molecule is CCCCCCNSc1cnccn1. The Labute approximate surface area is 89.9 Å². The van der Waals surface area contributed by atoms with E-state index in [2.05, 4.69) is 21.6 Å². The molecule has 0 saturated heterocycles. The van der Waals surface area contributed by atoms with Gasteiger partial charge in [-0.1, -0.05) is 26.2 Å². The average Bonchev–Trinajstić information content (AvgIpc) is 2.25. The predicted octanol–water partition coefficient (Wildman–Crippen LogP) is 2.65. The van der Waals surface area contributed by atoms with Gasteiger partial charge in [0.05, 0.1) is 6.20 Å². The maximum absolute atomic E-state index is 4.15. The molecule has 0 aliphatic carbocycles. The van der Waals surface area contributed by atoms with E-state index in [1.807, 2.05) is 0 Å². The number of nitrogens with one attached hydrogen (secondary N) is 1. The number of unbranched alkanes of at least 4 members (excludes halogenated alkanes) is 3. The van der Waals surface area contributed by atoms with Gasteiger partial charge < -0.3 is 0 Å². The van der Waals surface area contributed by atoms with Gasteiger partial charge >= 0.3 is 0 Å². The molecular formula is C10H17N3S. The molecule has 1 N–H and O–H groups in total. The number of hydrogen-bond donors (Lipinski definition) is 1. The van der Waals surface area contributed by atoms with Crippen molar-refractivity contribution in [2.24, 2.45) is 0 Å². The van der Waals surface area contributed by atoms with Crippen LogP contribution in [0, 0.1) is 0 Å². The highest BCUT2D eigenvalue weighted by Crippen LogP contribution is 2.08. The molecule has 0 unspecified atom stereocenters. The molecule has 1 aromatic rings. The third kappa shape index (κ3) is 5.19. The molecule has 0 atom stereocenters. The van der Waals surface area contributed by atoms with Gasteiger partial charge in [-0.3, -0.25) is 9.71 Å². The molecule has 0 aliphatic rings. The van der Waals surface area contributed by atoms with Crippen LogP contribution < -0.4 is 4.72 Å². The molecule has 4 heteroatoms. The summed E-state index contributed by atoms with van der Waals surface area (Å²) in [6.45, 7) is 3.27. The van der Waals surface area contributed by atoms with Crippen molar-refractivity contribution in [2.75, 3.05) is 6.54 Å². The van der Waals surface area contributed by atoms with Crippen LogP contribution in [0.4, 0.5) is 0 Å². The van der Waals surface area contributed by atoms with E-state index in [1.165, 1.54) is 25.7 Å². The highest BCUT2D eigenvalue weighted by Gasteiger charge is 1.93. The first-order valence-corrected chi connectivity index (χ1v) is 5.91. The monoisotopic (exact) mass is 211 g/mol. The molecule has 0 amide bonds.